The van der Waals surface area contributed by atoms with Gasteiger partial charge in [-0.05, 0) is 54.2 Å². The molecule has 4 aromatic rings. The van der Waals surface area contributed by atoms with Crippen molar-refractivity contribution in [1.29, 1.82) is 0 Å². The minimum Gasteiger partial charge on any atom is -0.489 e. The first-order chi connectivity index (χ1) is 17.1. The van der Waals surface area contributed by atoms with Crippen LogP contribution < -0.4 is 10.5 Å². The summed E-state index contributed by atoms with van der Waals surface area (Å²) in [5.41, 5.74) is 10.4. The normalized spacial score (nSPS) is 13.2. The van der Waals surface area contributed by atoms with Gasteiger partial charge in [0, 0.05) is 46.9 Å². The Morgan fingerprint density at radius 2 is 1.86 bits per heavy atom. The number of hydrogen-bond acceptors (Lipinski definition) is 4. The number of halogens is 1. The van der Waals surface area contributed by atoms with Crippen LogP contribution in [0.5, 0.6) is 5.75 Å². The molecule has 1 saturated carbocycles. The van der Waals surface area contributed by atoms with E-state index in [1.807, 2.05) is 36.4 Å². The van der Waals surface area contributed by atoms with E-state index >= 15 is 4.39 Å². The number of aromatic nitrogens is 1. The number of ether oxygens (including phenoxy) is 2. The highest BCUT2D eigenvalue weighted by Crippen LogP contribution is 2.37. The summed E-state index contributed by atoms with van der Waals surface area (Å²) < 4.78 is 28.6. The van der Waals surface area contributed by atoms with Gasteiger partial charge >= 0.3 is 5.97 Å². The first-order valence-corrected chi connectivity index (χ1v) is 11.9. The Hall–Kier alpha value is -3.64. The Kier molecular flexibility index (Phi) is 6.55. The molecule has 0 unspecified atom stereocenters. The van der Waals surface area contributed by atoms with Crippen LogP contribution >= 0.6 is 0 Å². The second-order valence-electron chi connectivity index (χ2n) is 9.12. The van der Waals surface area contributed by atoms with E-state index in [1.54, 1.807) is 12.1 Å². The molecule has 2 N–H and O–H groups in total. The maximum atomic E-state index is 15.3. The molecule has 1 aliphatic rings. The standard InChI is InChI=1S/C29H29FN2O3/c1-34-28(33)15-21-5-2-3-8-27(21)35-18-20-13-25(24-7-4-6-22(16-31)29(24)30)23-11-12-32(26(23)14-20)17-19-9-10-19/h2-8,11-14,19H,9-10,15-18,31H2,1H3. The van der Waals surface area contributed by atoms with Crippen LogP contribution in [0.15, 0.2) is 66.9 Å². The van der Waals surface area contributed by atoms with E-state index in [4.69, 9.17) is 15.2 Å². The number of para-hydroxylation sites is 1. The maximum Gasteiger partial charge on any atom is 0.310 e. The molecule has 0 saturated heterocycles. The van der Waals surface area contributed by atoms with E-state index in [2.05, 4.69) is 22.9 Å². The molecule has 5 rings (SSSR count). The molecule has 6 heteroatoms. The highest BCUT2D eigenvalue weighted by atomic mass is 19.1. The molecule has 1 aromatic heterocycles. The lowest BCUT2D eigenvalue weighted by atomic mass is 9.97. The minimum atomic E-state index is -0.321. The summed E-state index contributed by atoms with van der Waals surface area (Å²) in [6.07, 6.45) is 4.73. The molecule has 0 atom stereocenters. The third-order valence-electron chi connectivity index (χ3n) is 6.62. The van der Waals surface area contributed by atoms with Crippen molar-refractivity contribution in [3.05, 3.63) is 89.4 Å². The zero-order valence-electron chi connectivity index (χ0n) is 19.8. The van der Waals surface area contributed by atoms with Gasteiger partial charge in [0.25, 0.3) is 0 Å². The topological polar surface area (TPSA) is 66.5 Å². The quantitative estimate of drug-likeness (QED) is 0.322. The second-order valence-corrected chi connectivity index (χ2v) is 9.12. The van der Waals surface area contributed by atoms with Gasteiger partial charge in [0.15, 0.2) is 0 Å². The van der Waals surface area contributed by atoms with Gasteiger partial charge in [0.1, 0.15) is 18.2 Å². The summed E-state index contributed by atoms with van der Waals surface area (Å²) in [4.78, 5) is 11.8. The first-order valence-electron chi connectivity index (χ1n) is 11.9. The molecule has 35 heavy (non-hydrogen) atoms. The molecule has 1 fully saturated rings. The molecule has 0 bridgehead atoms. The fraction of sp³-hybridized carbons (Fsp3) is 0.276. The number of carbonyl (C=O) groups is 1. The molecule has 0 aliphatic heterocycles. The van der Waals surface area contributed by atoms with Crippen LogP contribution in [0.2, 0.25) is 0 Å². The van der Waals surface area contributed by atoms with Crippen LogP contribution in [0.4, 0.5) is 4.39 Å². The van der Waals surface area contributed by atoms with E-state index in [9.17, 15) is 4.79 Å². The van der Waals surface area contributed by atoms with Crippen molar-refractivity contribution < 1.29 is 18.7 Å². The highest BCUT2D eigenvalue weighted by molar-refractivity contribution is 5.96. The van der Waals surface area contributed by atoms with E-state index in [1.165, 1.54) is 20.0 Å². The summed E-state index contributed by atoms with van der Waals surface area (Å²) in [5.74, 6) is 0.728. The third kappa shape index (κ3) is 4.93. The first kappa shape index (κ1) is 23.1. The highest BCUT2D eigenvalue weighted by Gasteiger charge is 2.23. The van der Waals surface area contributed by atoms with E-state index < -0.39 is 0 Å². The van der Waals surface area contributed by atoms with Crippen molar-refractivity contribution in [1.82, 2.24) is 4.57 Å². The summed E-state index contributed by atoms with van der Waals surface area (Å²) in [6, 6.07) is 19.0. The molecule has 0 radical (unpaired) electrons. The van der Waals surface area contributed by atoms with Gasteiger partial charge in [0.05, 0.1) is 13.5 Å². The Balaban J connectivity index is 1.53. The molecular weight excluding hydrogens is 443 g/mol. The van der Waals surface area contributed by atoms with Crippen molar-refractivity contribution in [3.63, 3.8) is 0 Å². The summed E-state index contributed by atoms with van der Waals surface area (Å²) in [5, 5.41) is 1.01. The lowest BCUT2D eigenvalue weighted by molar-refractivity contribution is -0.139. The number of fused-ring (bicyclic) bond motifs is 1. The number of carbonyl (C=O) groups excluding carboxylic acids is 1. The van der Waals surface area contributed by atoms with Gasteiger partial charge in [0.2, 0.25) is 0 Å². The van der Waals surface area contributed by atoms with E-state index in [-0.39, 0.29) is 31.4 Å². The van der Waals surface area contributed by atoms with Gasteiger partial charge < -0.3 is 19.8 Å². The van der Waals surface area contributed by atoms with Gasteiger partial charge in [-0.1, -0.05) is 36.4 Å². The number of esters is 1. The van der Waals surface area contributed by atoms with E-state index in [0.717, 1.165) is 34.1 Å². The zero-order valence-corrected chi connectivity index (χ0v) is 19.8. The van der Waals surface area contributed by atoms with Crippen molar-refractivity contribution >= 4 is 16.9 Å². The lowest BCUT2D eigenvalue weighted by Gasteiger charge is -2.15. The lowest BCUT2D eigenvalue weighted by Crippen LogP contribution is -2.07. The van der Waals surface area contributed by atoms with Gasteiger partial charge in [-0.3, -0.25) is 4.79 Å². The second kappa shape index (κ2) is 9.92. The van der Waals surface area contributed by atoms with E-state index in [0.29, 0.717) is 22.8 Å². The Bertz CT molecular complexity index is 1370. The number of nitrogens with two attached hydrogens (primary N) is 1. The molecule has 1 heterocycles. The average Bonchev–Trinajstić information content (AvgIpc) is 3.61. The maximum absolute atomic E-state index is 15.3. The van der Waals surface area contributed by atoms with Crippen molar-refractivity contribution in [2.24, 2.45) is 11.7 Å². The van der Waals surface area contributed by atoms with Gasteiger partial charge in [-0.15, -0.1) is 0 Å². The van der Waals surface area contributed by atoms with Gasteiger partial charge in [-0.25, -0.2) is 4.39 Å². The van der Waals surface area contributed by atoms with Gasteiger partial charge in [-0.2, -0.15) is 0 Å². The molecule has 3 aromatic carbocycles. The SMILES string of the molecule is COC(=O)Cc1ccccc1OCc1cc(-c2cccc(CN)c2F)c2ccn(CC3CC3)c2c1. The number of benzene rings is 3. The van der Waals surface area contributed by atoms with Crippen LogP contribution in [-0.2, 0) is 35.6 Å². The zero-order chi connectivity index (χ0) is 24.4. The van der Waals surface area contributed by atoms with Crippen LogP contribution in [0, 0.1) is 11.7 Å². The van der Waals surface area contributed by atoms with Crippen molar-refractivity contribution in [2.75, 3.05) is 7.11 Å². The molecule has 5 nitrogen and oxygen atoms in total. The summed E-state index contributed by atoms with van der Waals surface area (Å²) in [7, 11) is 1.37. The van der Waals surface area contributed by atoms with Crippen molar-refractivity contribution in [3.8, 4) is 16.9 Å². The largest absolute Gasteiger partial charge is 0.489 e. The molecule has 0 amide bonds. The third-order valence-corrected chi connectivity index (χ3v) is 6.62. The molecule has 0 spiro atoms. The fourth-order valence-electron chi connectivity index (χ4n) is 4.52. The predicted octanol–water partition coefficient (Wildman–Crippen LogP) is 5.61. The van der Waals surface area contributed by atoms with Crippen LogP contribution in [0.3, 0.4) is 0 Å². The summed E-state index contributed by atoms with van der Waals surface area (Å²) in [6.45, 7) is 1.39. The number of rotatable bonds is 9. The number of methoxy groups -OCH3 is 1. The average molecular weight is 473 g/mol. The monoisotopic (exact) mass is 472 g/mol. The van der Waals surface area contributed by atoms with Crippen LogP contribution in [-0.4, -0.2) is 17.6 Å². The molecule has 180 valence electrons. The smallest absolute Gasteiger partial charge is 0.310 e. The van der Waals surface area contributed by atoms with Crippen LogP contribution in [0.1, 0.15) is 29.5 Å². The Labute approximate surface area is 204 Å². The fourth-order valence-corrected chi connectivity index (χ4v) is 4.52. The Morgan fingerprint density at radius 3 is 2.63 bits per heavy atom. The predicted molar refractivity (Wildman–Crippen MR) is 134 cm³/mol. The number of nitrogens with zero attached hydrogens (tertiary/aromatic N) is 1. The number of hydrogen-bond donors (Lipinski definition) is 1. The molecular formula is C29H29FN2O3. The minimum absolute atomic E-state index is 0.137. The Morgan fingerprint density at radius 1 is 1.06 bits per heavy atom. The molecule has 1 aliphatic carbocycles. The van der Waals surface area contributed by atoms with Crippen LogP contribution in [0.25, 0.3) is 22.0 Å². The summed E-state index contributed by atoms with van der Waals surface area (Å²) >= 11 is 0. The van der Waals surface area contributed by atoms with Crippen molar-refractivity contribution in [2.45, 2.75) is 39.0 Å².